The van der Waals surface area contributed by atoms with E-state index in [2.05, 4.69) is 10.3 Å². The maximum Gasteiger partial charge on any atom is 0.236 e. The van der Waals surface area contributed by atoms with Crippen molar-refractivity contribution >= 4 is 17.2 Å². The fourth-order valence-electron chi connectivity index (χ4n) is 0.822. The van der Waals surface area contributed by atoms with Crippen LogP contribution >= 0.6 is 11.3 Å². The standard InChI is InChI=1S/C8H13N3OS/c1-5(9)8(12)11-4-7-3-10-6(2)13-7/h3,5H,4,9H2,1-2H3,(H,11,12)/t5-/m0/s1. The van der Waals surface area contributed by atoms with Crippen LogP contribution in [0.15, 0.2) is 6.20 Å². The molecule has 72 valence electrons. The largest absolute Gasteiger partial charge is 0.350 e. The Morgan fingerprint density at radius 1 is 1.85 bits per heavy atom. The smallest absolute Gasteiger partial charge is 0.236 e. The Hall–Kier alpha value is -0.940. The molecule has 0 aliphatic carbocycles. The lowest BCUT2D eigenvalue weighted by atomic mass is 10.3. The van der Waals surface area contributed by atoms with Gasteiger partial charge in [0, 0.05) is 11.1 Å². The summed E-state index contributed by atoms with van der Waals surface area (Å²) in [5, 5.41) is 3.72. The molecule has 0 saturated carbocycles. The van der Waals surface area contributed by atoms with Crippen molar-refractivity contribution in [2.24, 2.45) is 5.73 Å². The number of amides is 1. The molecule has 1 rings (SSSR count). The van der Waals surface area contributed by atoms with Gasteiger partial charge >= 0.3 is 0 Å². The van der Waals surface area contributed by atoms with Gasteiger partial charge in [-0.25, -0.2) is 4.98 Å². The molecule has 1 aromatic rings. The minimum absolute atomic E-state index is 0.133. The first-order chi connectivity index (χ1) is 6.09. The van der Waals surface area contributed by atoms with E-state index in [1.165, 1.54) is 0 Å². The first kappa shape index (κ1) is 10.1. The van der Waals surface area contributed by atoms with Gasteiger partial charge in [0.1, 0.15) is 0 Å². The third kappa shape index (κ3) is 3.12. The van der Waals surface area contributed by atoms with Gasteiger partial charge in [-0.3, -0.25) is 4.79 Å². The minimum Gasteiger partial charge on any atom is -0.350 e. The van der Waals surface area contributed by atoms with Gasteiger partial charge < -0.3 is 11.1 Å². The van der Waals surface area contributed by atoms with Gasteiger partial charge in [0.25, 0.3) is 0 Å². The van der Waals surface area contributed by atoms with Gasteiger partial charge in [0.2, 0.25) is 5.91 Å². The molecule has 0 radical (unpaired) electrons. The highest BCUT2D eigenvalue weighted by Gasteiger charge is 2.06. The van der Waals surface area contributed by atoms with Gasteiger partial charge in [-0.1, -0.05) is 0 Å². The highest BCUT2D eigenvalue weighted by atomic mass is 32.1. The van der Waals surface area contributed by atoms with Crippen molar-refractivity contribution in [2.75, 3.05) is 0 Å². The van der Waals surface area contributed by atoms with E-state index in [4.69, 9.17) is 5.73 Å². The molecule has 1 amide bonds. The maximum atomic E-state index is 11.1. The van der Waals surface area contributed by atoms with E-state index in [-0.39, 0.29) is 5.91 Å². The number of nitrogens with one attached hydrogen (secondary N) is 1. The summed E-state index contributed by atoms with van der Waals surface area (Å²) in [4.78, 5) is 16.2. The summed E-state index contributed by atoms with van der Waals surface area (Å²) in [6.45, 7) is 4.11. The second-order valence-electron chi connectivity index (χ2n) is 2.85. The van der Waals surface area contributed by atoms with E-state index in [1.807, 2.05) is 6.92 Å². The van der Waals surface area contributed by atoms with Crippen LogP contribution in [0.4, 0.5) is 0 Å². The third-order valence-corrected chi connectivity index (χ3v) is 2.43. The van der Waals surface area contributed by atoms with Crippen molar-refractivity contribution in [1.82, 2.24) is 10.3 Å². The number of nitrogens with two attached hydrogens (primary N) is 1. The lowest BCUT2D eigenvalue weighted by Crippen LogP contribution is -2.37. The Morgan fingerprint density at radius 2 is 2.54 bits per heavy atom. The predicted octanol–water partition coefficient (Wildman–Crippen LogP) is 0.415. The average Bonchev–Trinajstić information content (AvgIpc) is 2.47. The molecular weight excluding hydrogens is 186 g/mol. The fraction of sp³-hybridized carbons (Fsp3) is 0.500. The summed E-state index contributed by atoms with van der Waals surface area (Å²) in [5.74, 6) is -0.133. The van der Waals surface area contributed by atoms with Crippen LogP contribution in [0.2, 0.25) is 0 Å². The van der Waals surface area contributed by atoms with Crippen LogP contribution in [0.1, 0.15) is 16.8 Å². The molecule has 0 saturated heterocycles. The SMILES string of the molecule is Cc1ncc(CNC(=O)[C@H](C)N)s1. The van der Waals surface area contributed by atoms with E-state index in [0.29, 0.717) is 6.54 Å². The molecule has 4 nitrogen and oxygen atoms in total. The first-order valence-corrected chi connectivity index (χ1v) is 4.86. The molecular formula is C8H13N3OS. The lowest BCUT2D eigenvalue weighted by molar-refractivity contribution is -0.122. The molecule has 3 N–H and O–H groups in total. The number of hydrogen-bond donors (Lipinski definition) is 2. The Kier molecular flexibility index (Phi) is 3.39. The van der Waals surface area contributed by atoms with Crippen molar-refractivity contribution in [3.05, 3.63) is 16.1 Å². The molecule has 1 aromatic heterocycles. The van der Waals surface area contributed by atoms with Crippen LogP contribution in [0, 0.1) is 6.92 Å². The summed E-state index contributed by atoms with van der Waals surface area (Å²) in [6.07, 6.45) is 1.77. The van der Waals surface area contributed by atoms with E-state index in [0.717, 1.165) is 9.88 Å². The number of aryl methyl sites for hydroxylation is 1. The minimum atomic E-state index is -0.450. The second-order valence-corrected chi connectivity index (χ2v) is 4.17. The number of thiazole rings is 1. The zero-order valence-corrected chi connectivity index (χ0v) is 8.52. The fourth-order valence-corrected chi connectivity index (χ4v) is 1.56. The van der Waals surface area contributed by atoms with Crippen molar-refractivity contribution in [2.45, 2.75) is 26.4 Å². The molecule has 0 fully saturated rings. The Morgan fingerprint density at radius 3 is 3.00 bits per heavy atom. The lowest BCUT2D eigenvalue weighted by Gasteiger charge is -2.05. The summed E-state index contributed by atoms with van der Waals surface area (Å²) in [7, 11) is 0. The number of aromatic nitrogens is 1. The van der Waals surface area contributed by atoms with Crippen LogP contribution in [-0.4, -0.2) is 16.9 Å². The summed E-state index contributed by atoms with van der Waals surface area (Å²) >= 11 is 1.57. The Balaban J connectivity index is 2.39. The molecule has 0 bridgehead atoms. The van der Waals surface area contributed by atoms with Crippen LogP contribution < -0.4 is 11.1 Å². The van der Waals surface area contributed by atoms with Gasteiger partial charge in [-0.05, 0) is 13.8 Å². The van der Waals surface area contributed by atoms with Crippen LogP contribution in [0.25, 0.3) is 0 Å². The quantitative estimate of drug-likeness (QED) is 0.741. The molecule has 0 unspecified atom stereocenters. The number of carbonyl (C=O) groups excluding carboxylic acids is 1. The average molecular weight is 199 g/mol. The molecule has 0 aliphatic heterocycles. The monoisotopic (exact) mass is 199 g/mol. The molecule has 13 heavy (non-hydrogen) atoms. The molecule has 1 atom stereocenters. The molecule has 0 aliphatic rings. The number of carbonyl (C=O) groups is 1. The number of rotatable bonds is 3. The van der Waals surface area contributed by atoms with Crippen molar-refractivity contribution in [3.8, 4) is 0 Å². The molecule has 5 heteroatoms. The highest BCUT2D eigenvalue weighted by Crippen LogP contribution is 2.10. The van der Waals surface area contributed by atoms with E-state index in [9.17, 15) is 4.79 Å². The third-order valence-electron chi connectivity index (χ3n) is 1.52. The molecule has 1 heterocycles. The van der Waals surface area contributed by atoms with E-state index >= 15 is 0 Å². The van der Waals surface area contributed by atoms with Gasteiger partial charge in [-0.2, -0.15) is 0 Å². The number of nitrogens with zero attached hydrogens (tertiary/aromatic N) is 1. The van der Waals surface area contributed by atoms with E-state index in [1.54, 1.807) is 24.5 Å². The predicted molar refractivity (Wildman–Crippen MR) is 52.3 cm³/mol. The van der Waals surface area contributed by atoms with Gasteiger partial charge in [0.15, 0.2) is 0 Å². The number of hydrogen-bond acceptors (Lipinski definition) is 4. The van der Waals surface area contributed by atoms with Crippen LogP contribution in [0.3, 0.4) is 0 Å². The van der Waals surface area contributed by atoms with Crippen LogP contribution in [-0.2, 0) is 11.3 Å². The highest BCUT2D eigenvalue weighted by molar-refractivity contribution is 7.11. The zero-order chi connectivity index (χ0) is 9.84. The zero-order valence-electron chi connectivity index (χ0n) is 7.70. The topological polar surface area (TPSA) is 68.0 Å². The van der Waals surface area contributed by atoms with Gasteiger partial charge in [0.05, 0.1) is 17.6 Å². The Labute approximate surface area is 81.2 Å². The molecule has 0 spiro atoms. The molecule has 0 aromatic carbocycles. The Bertz CT molecular complexity index is 295. The normalized spacial score (nSPS) is 12.5. The first-order valence-electron chi connectivity index (χ1n) is 4.04. The second kappa shape index (κ2) is 4.34. The van der Waals surface area contributed by atoms with E-state index < -0.39 is 6.04 Å². The summed E-state index contributed by atoms with van der Waals surface area (Å²) < 4.78 is 0. The summed E-state index contributed by atoms with van der Waals surface area (Å²) in [6, 6.07) is -0.450. The van der Waals surface area contributed by atoms with Gasteiger partial charge in [-0.15, -0.1) is 11.3 Å². The maximum absolute atomic E-state index is 11.1. The van der Waals surface area contributed by atoms with Crippen LogP contribution in [0.5, 0.6) is 0 Å². The van der Waals surface area contributed by atoms with Crippen molar-refractivity contribution in [3.63, 3.8) is 0 Å². The van der Waals surface area contributed by atoms with Crippen molar-refractivity contribution in [1.29, 1.82) is 0 Å². The van der Waals surface area contributed by atoms with Crippen molar-refractivity contribution < 1.29 is 4.79 Å². The summed E-state index contributed by atoms with van der Waals surface area (Å²) in [5.41, 5.74) is 5.38.